The molecule has 1 spiro atoms. The Hall–Kier alpha value is -1.32. The fourth-order valence-electron chi connectivity index (χ4n) is 3.24. The number of ketones is 1. The third-order valence-electron chi connectivity index (χ3n) is 4.49. The van der Waals surface area contributed by atoms with Crippen LogP contribution in [0.2, 0.25) is 0 Å². The monoisotopic (exact) mass is 279 g/mol. The first kappa shape index (κ1) is 15.1. The van der Waals surface area contributed by atoms with Crippen molar-refractivity contribution in [3.8, 4) is 0 Å². The molecule has 1 unspecified atom stereocenters. The molecule has 1 amide bonds. The fourth-order valence-corrected chi connectivity index (χ4v) is 3.24. The van der Waals surface area contributed by atoms with Crippen LogP contribution in [0.15, 0.2) is 11.6 Å². The zero-order valence-corrected chi connectivity index (χ0v) is 13.2. The summed E-state index contributed by atoms with van der Waals surface area (Å²) >= 11 is 0. The smallest absolute Gasteiger partial charge is 0.410 e. The van der Waals surface area contributed by atoms with Gasteiger partial charge in [-0.05, 0) is 46.1 Å². The first-order valence-electron chi connectivity index (χ1n) is 7.36. The van der Waals surface area contributed by atoms with Gasteiger partial charge in [0.25, 0.3) is 0 Å². The van der Waals surface area contributed by atoms with Crippen molar-refractivity contribution >= 4 is 11.9 Å². The summed E-state index contributed by atoms with van der Waals surface area (Å²) in [5.74, 6) is 0.305. The highest BCUT2D eigenvalue weighted by atomic mass is 16.6. The summed E-state index contributed by atoms with van der Waals surface area (Å²) in [5, 5.41) is 0. The second-order valence-electron chi connectivity index (χ2n) is 7.11. The van der Waals surface area contributed by atoms with Gasteiger partial charge in [-0.3, -0.25) is 4.79 Å². The standard InChI is InChI=1S/C16H25NO3/c1-11-10-16(12(2)13(11)18)6-8-17(9-7-16)14(19)20-15(3,4)5/h10,12H,6-9H2,1-5H3. The Balaban J connectivity index is 2.00. The normalized spacial score (nSPS) is 25.9. The Morgan fingerprint density at radius 2 is 1.90 bits per heavy atom. The number of ether oxygens (including phenoxy) is 1. The van der Waals surface area contributed by atoms with Crippen molar-refractivity contribution in [2.75, 3.05) is 13.1 Å². The first-order valence-corrected chi connectivity index (χ1v) is 7.36. The number of carbonyl (C=O) groups is 2. The van der Waals surface area contributed by atoms with Crippen molar-refractivity contribution in [2.45, 2.75) is 53.1 Å². The van der Waals surface area contributed by atoms with E-state index in [1.165, 1.54) is 0 Å². The zero-order valence-electron chi connectivity index (χ0n) is 13.2. The number of amides is 1. The zero-order chi connectivity index (χ0) is 15.1. The molecule has 1 saturated heterocycles. The number of nitrogens with zero attached hydrogens (tertiary/aromatic N) is 1. The molecule has 112 valence electrons. The van der Waals surface area contributed by atoms with E-state index in [-0.39, 0.29) is 23.2 Å². The SMILES string of the molecule is CC1=CC2(CCN(C(=O)OC(C)(C)C)CC2)C(C)C1=O. The summed E-state index contributed by atoms with van der Waals surface area (Å²) in [5.41, 5.74) is 0.377. The lowest BCUT2D eigenvalue weighted by Gasteiger charge is -2.41. The van der Waals surface area contributed by atoms with Crippen molar-refractivity contribution in [1.29, 1.82) is 0 Å². The van der Waals surface area contributed by atoms with Gasteiger partial charge in [0.1, 0.15) is 5.60 Å². The van der Waals surface area contributed by atoms with Gasteiger partial charge in [0.15, 0.2) is 5.78 Å². The van der Waals surface area contributed by atoms with E-state index in [4.69, 9.17) is 4.74 Å². The average Bonchev–Trinajstić information content (AvgIpc) is 2.53. The van der Waals surface area contributed by atoms with Crippen LogP contribution < -0.4 is 0 Å². The molecule has 2 aliphatic rings. The van der Waals surface area contributed by atoms with Gasteiger partial charge in [0, 0.05) is 24.4 Å². The van der Waals surface area contributed by atoms with Crippen molar-refractivity contribution in [3.63, 3.8) is 0 Å². The highest BCUT2D eigenvalue weighted by molar-refractivity contribution is 5.99. The van der Waals surface area contributed by atoms with E-state index in [0.717, 1.165) is 18.4 Å². The third-order valence-corrected chi connectivity index (χ3v) is 4.49. The van der Waals surface area contributed by atoms with Gasteiger partial charge in [0.05, 0.1) is 0 Å². The van der Waals surface area contributed by atoms with Gasteiger partial charge in [-0.1, -0.05) is 13.0 Å². The van der Waals surface area contributed by atoms with Crippen molar-refractivity contribution in [2.24, 2.45) is 11.3 Å². The van der Waals surface area contributed by atoms with E-state index in [0.29, 0.717) is 13.1 Å². The minimum atomic E-state index is -0.459. The number of likely N-dealkylation sites (tertiary alicyclic amines) is 1. The van der Waals surface area contributed by atoms with Crippen molar-refractivity contribution < 1.29 is 14.3 Å². The molecule has 1 aliphatic carbocycles. The maximum Gasteiger partial charge on any atom is 0.410 e. The minimum Gasteiger partial charge on any atom is -0.444 e. The summed E-state index contributed by atoms with van der Waals surface area (Å²) in [4.78, 5) is 25.8. The van der Waals surface area contributed by atoms with Crippen LogP contribution >= 0.6 is 0 Å². The Morgan fingerprint density at radius 1 is 1.35 bits per heavy atom. The van der Waals surface area contributed by atoms with E-state index in [1.807, 2.05) is 34.6 Å². The topological polar surface area (TPSA) is 46.6 Å². The van der Waals surface area contributed by atoms with Gasteiger partial charge < -0.3 is 9.64 Å². The van der Waals surface area contributed by atoms with Gasteiger partial charge >= 0.3 is 6.09 Å². The molecule has 0 bridgehead atoms. The molecule has 0 aromatic carbocycles. The molecular formula is C16H25NO3. The van der Waals surface area contributed by atoms with Crippen LogP contribution in [0, 0.1) is 11.3 Å². The highest BCUT2D eigenvalue weighted by Crippen LogP contribution is 2.46. The Morgan fingerprint density at radius 3 is 2.30 bits per heavy atom. The fraction of sp³-hybridized carbons (Fsp3) is 0.750. The van der Waals surface area contributed by atoms with Crippen LogP contribution in [0.4, 0.5) is 4.79 Å². The lowest BCUT2D eigenvalue weighted by atomic mass is 9.71. The van der Waals surface area contributed by atoms with Crippen molar-refractivity contribution in [3.05, 3.63) is 11.6 Å². The number of allylic oxidation sites excluding steroid dienone is 2. The second kappa shape index (κ2) is 4.90. The van der Waals surface area contributed by atoms with E-state index in [9.17, 15) is 9.59 Å². The molecule has 0 aromatic heterocycles. The predicted octanol–water partition coefficient (Wildman–Crippen LogP) is 3.17. The Kier molecular flexibility index (Phi) is 3.69. The lowest BCUT2D eigenvalue weighted by molar-refractivity contribution is -0.120. The first-order chi connectivity index (χ1) is 9.15. The maximum absolute atomic E-state index is 12.0. The molecule has 1 fully saturated rings. The quantitative estimate of drug-likeness (QED) is 0.684. The number of piperidine rings is 1. The number of Topliss-reactive ketones (excluding diaryl/α,β-unsaturated/α-hetero) is 1. The predicted molar refractivity (Wildman–Crippen MR) is 77.4 cm³/mol. The summed E-state index contributed by atoms with van der Waals surface area (Å²) in [6.45, 7) is 10.9. The average molecular weight is 279 g/mol. The molecule has 1 atom stereocenters. The minimum absolute atomic E-state index is 0.0420. The molecule has 2 rings (SSSR count). The molecule has 0 saturated carbocycles. The van der Waals surface area contributed by atoms with Crippen LogP contribution in [0.5, 0.6) is 0 Å². The molecule has 4 heteroatoms. The van der Waals surface area contributed by atoms with Gasteiger partial charge in [-0.25, -0.2) is 4.79 Å². The summed E-state index contributed by atoms with van der Waals surface area (Å²) in [7, 11) is 0. The van der Waals surface area contributed by atoms with E-state index < -0.39 is 5.60 Å². The van der Waals surface area contributed by atoms with Gasteiger partial charge in [-0.15, -0.1) is 0 Å². The maximum atomic E-state index is 12.0. The van der Waals surface area contributed by atoms with E-state index in [2.05, 4.69) is 6.08 Å². The molecular weight excluding hydrogens is 254 g/mol. The molecule has 0 N–H and O–H groups in total. The number of hydrogen-bond acceptors (Lipinski definition) is 3. The second-order valence-corrected chi connectivity index (χ2v) is 7.11. The number of carbonyl (C=O) groups excluding carboxylic acids is 2. The van der Waals surface area contributed by atoms with Crippen LogP contribution in [0.3, 0.4) is 0 Å². The van der Waals surface area contributed by atoms with Crippen LogP contribution in [0.1, 0.15) is 47.5 Å². The van der Waals surface area contributed by atoms with Gasteiger partial charge in [0.2, 0.25) is 0 Å². The van der Waals surface area contributed by atoms with E-state index in [1.54, 1.807) is 4.90 Å². The molecule has 20 heavy (non-hydrogen) atoms. The Bertz CT molecular complexity index is 451. The molecule has 4 nitrogen and oxygen atoms in total. The number of hydrogen-bond donors (Lipinski definition) is 0. The van der Waals surface area contributed by atoms with Crippen LogP contribution in [-0.4, -0.2) is 35.5 Å². The van der Waals surface area contributed by atoms with Crippen LogP contribution in [0.25, 0.3) is 0 Å². The molecule has 1 aliphatic heterocycles. The van der Waals surface area contributed by atoms with E-state index >= 15 is 0 Å². The summed E-state index contributed by atoms with van der Waals surface area (Å²) in [6, 6.07) is 0. The Labute approximate surface area is 121 Å². The molecule has 0 radical (unpaired) electrons. The van der Waals surface area contributed by atoms with Gasteiger partial charge in [-0.2, -0.15) is 0 Å². The number of rotatable bonds is 0. The highest BCUT2D eigenvalue weighted by Gasteiger charge is 2.46. The third kappa shape index (κ3) is 2.74. The summed E-state index contributed by atoms with van der Waals surface area (Å²) < 4.78 is 5.40. The summed E-state index contributed by atoms with van der Waals surface area (Å²) in [6.07, 6.45) is 3.57. The molecule has 0 aromatic rings. The molecule has 1 heterocycles. The lowest BCUT2D eigenvalue weighted by Crippen LogP contribution is -2.46. The van der Waals surface area contributed by atoms with Crippen molar-refractivity contribution in [1.82, 2.24) is 4.90 Å². The van der Waals surface area contributed by atoms with Crippen LogP contribution in [-0.2, 0) is 9.53 Å². The largest absolute Gasteiger partial charge is 0.444 e.